The minimum atomic E-state index is 1.05. The van der Waals surface area contributed by atoms with E-state index in [4.69, 9.17) is 4.98 Å². The van der Waals surface area contributed by atoms with E-state index >= 15 is 0 Å². The molecule has 2 aromatic heterocycles. The van der Waals surface area contributed by atoms with Gasteiger partial charge in [-0.25, -0.2) is 4.98 Å². The lowest BCUT2D eigenvalue weighted by atomic mass is 9.89. The van der Waals surface area contributed by atoms with E-state index in [-0.39, 0.29) is 0 Å². The van der Waals surface area contributed by atoms with E-state index in [0.29, 0.717) is 0 Å². The summed E-state index contributed by atoms with van der Waals surface area (Å²) < 4.78 is 2.55. The average Bonchev–Trinajstić information content (AvgIpc) is 3.24. The van der Waals surface area contributed by atoms with Gasteiger partial charge in [-0.15, -0.1) is 11.3 Å². The number of pyridine rings is 1. The molecule has 0 unspecified atom stereocenters. The summed E-state index contributed by atoms with van der Waals surface area (Å²) in [5, 5.41) is 10.4. The standard InChI is InChI=1S/C31H17NS/c1-3-10-25-23(8-1)29(31-30(32-25)24-9-2-4-11-26(24)33-31)22-17-15-20-13-12-18-6-5-7-19-14-16-21(22)28(20)27(18)19/h1-17H. The molecule has 2 heteroatoms. The molecule has 0 saturated carbocycles. The van der Waals surface area contributed by atoms with Crippen LogP contribution in [0, 0.1) is 0 Å². The van der Waals surface area contributed by atoms with Gasteiger partial charge in [0.2, 0.25) is 0 Å². The Labute approximate surface area is 193 Å². The number of rotatable bonds is 1. The predicted molar refractivity (Wildman–Crippen MR) is 144 cm³/mol. The topological polar surface area (TPSA) is 12.9 Å². The van der Waals surface area contributed by atoms with E-state index in [1.807, 2.05) is 11.3 Å². The van der Waals surface area contributed by atoms with Crippen LogP contribution in [0.1, 0.15) is 0 Å². The Kier molecular flexibility index (Phi) is 3.34. The Bertz CT molecular complexity index is 2010. The normalized spacial score (nSPS) is 12.2. The van der Waals surface area contributed by atoms with E-state index in [1.165, 1.54) is 63.6 Å². The van der Waals surface area contributed by atoms with Crippen LogP contribution in [0.25, 0.3) is 74.6 Å². The highest BCUT2D eigenvalue weighted by atomic mass is 32.1. The molecule has 0 aliphatic carbocycles. The fourth-order valence-corrected chi connectivity index (χ4v) is 6.77. The van der Waals surface area contributed by atoms with Gasteiger partial charge in [-0.3, -0.25) is 0 Å². The number of hydrogen-bond donors (Lipinski definition) is 0. The van der Waals surface area contributed by atoms with Gasteiger partial charge in [0, 0.05) is 21.0 Å². The summed E-state index contributed by atoms with van der Waals surface area (Å²) in [7, 11) is 0. The van der Waals surface area contributed by atoms with Crippen LogP contribution in [-0.4, -0.2) is 4.98 Å². The third-order valence-electron chi connectivity index (χ3n) is 7.00. The van der Waals surface area contributed by atoms with Gasteiger partial charge in [0.15, 0.2) is 0 Å². The zero-order valence-electron chi connectivity index (χ0n) is 17.7. The van der Waals surface area contributed by atoms with Crippen LogP contribution in [0.15, 0.2) is 103 Å². The molecular weight excluding hydrogens is 418 g/mol. The smallest absolute Gasteiger partial charge is 0.0902 e. The van der Waals surface area contributed by atoms with Crippen molar-refractivity contribution in [2.75, 3.05) is 0 Å². The summed E-state index contributed by atoms with van der Waals surface area (Å²) in [6.45, 7) is 0. The molecule has 0 radical (unpaired) electrons. The Balaban J connectivity index is 1.63. The Morgan fingerprint density at radius 1 is 0.515 bits per heavy atom. The van der Waals surface area contributed by atoms with E-state index in [2.05, 4.69) is 103 Å². The minimum absolute atomic E-state index is 1.05. The highest BCUT2D eigenvalue weighted by Crippen LogP contribution is 2.46. The van der Waals surface area contributed by atoms with Crippen molar-refractivity contribution in [2.45, 2.75) is 0 Å². The maximum atomic E-state index is 5.12. The zero-order valence-corrected chi connectivity index (χ0v) is 18.5. The Morgan fingerprint density at radius 3 is 2.09 bits per heavy atom. The largest absolute Gasteiger partial charge is 0.246 e. The van der Waals surface area contributed by atoms with Crippen LogP contribution in [0.5, 0.6) is 0 Å². The van der Waals surface area contributed by atoms with Crippen molar-refractivity contribution in [1.82, 2.24) is 4.98 Å². The lowest BCUT2D eigenvalue weighted by Crippen LogP contribution is -1.90. The summed E-state index contributed by atoms with van der Waals surface area (Å²) >= 11 is 1.85. The van der Waals surface area contributed by atoms with E-state index in [9.17, 15) is 0 Å². The molecule has 2 heterocycles. The fourth-order valence-electron chi connectivity index (χ4n) is 5.56. The van der Waals surface area contributed by atoms with E-state index < -0.39 is 0 Å². The summed E-state index contributed by atoms with van der Waals surface area (Å²) in [4.78, 5) is 5.12. The molecule has 0 spiro atoms. The van der Waals surface area contributed by atoms with Crippen molar-refractivity contribution in [2.24, 2.45) is 0 Å². The van der Waals surface area contributed by atoms with Crippen molar-refractivity contribution in [3.05, 3.63) is 103 Å². The van der Waals surface area contributed by atoms with E-state index in [0.717, 1.165) is 11.0 Å². The quantitative estimate of drug-likeness (QED) is 0.234. The van der Waals surface area contributed by atoms with Gasteiger partial charge in [0.25, 0.3) is 0 Å². The van der Waals surface area contributed by atoms with E-state index in [1.54, 1.807) is 0 Å². The maximum Gasteiger partial charge on any atom is 0.0902 e. The molecule has 0 bridgehead atoms. The molecule has 8 aromatic rings. The Morgan fingerprint density at radius 2 is 1.21 bits per heavy atom. The van der Waals surface area contributed by atoms with Gasteiger partial charge >= 0.3 is 0 Å². The monoisotopic (exact) mass is 435 g/mol. The van der Waals surface area contributed by atoms with Gasteiger partial charge in [-0.05, 0) is 50.0 Å². The lowest BCUT2D eigenvalue weighted by molar-refractivity contribution is 1.53. The van der Waals surface area contributed by atoms with Gasteiger partial charge in [0.05, 0.1) is 15.7 Å². The molecule has 8 rings (SSSR count). The minimum Gasteiger partial charge on any atom is -0.246 e. The first-order valence-corrected chi connectivity index (χ1v) is 12.1. The maximum absolute atomic E-state index is 5.12. The molecule has 0 saturated heterocycles. The van der Waals surface area contributed by atoms with Crippen LogP contribution in [0.2, 0.25) is 0 Å². The van der Waals surface area contributed by atoms with Crippen LogP contribution in [0.3, 0.4) is 0 Å². The molecular formula is C31H17NS. The van der Waals surface area contributed by atoms with Crippen LogP contribution in [0.4, 0.5) is 0 Å². The van der Waals surface area contributed by atoms with Crippen LogP contribution < -0.4 is 0 Å². The average molecular weight is 436 g/mol. The first kappa shape index (κ1) is 17.5. The highest BCUT2D eigenvalue weighted by Gasteiger charge is 2.19. The molecule has 33 heavy (non-hydrogen) atoms. The molecule has 152 valence electrons. The molecule has 0 fully saturated rings. The first-order valence-electron chi connectivity index (χ1n) is 11.2. The lowest BCUT2D eigenvalue weighted by Gasteiger charge is -2.16. The fraction of sp³-hybridized carbons (Fsp3) is 0. The second kappa shape index (κ2) is 6.28. The van der Waals surface area contributed by atoms with Crippen molar-refractivity contribution in [3.8, 4) is 11.1 Å². The molecule has 0 aliphatic rings. The molecule has 0 aliphatic heterocycles. The second-order valence-corrected chi connectivity index (χ2v) is 9.80. The SMILES string of the molecule is c1cc2ccc3ccc(-c4c5ccccc5nc5c4sc4ccccc45)c4ccc(c1)c2c34. The van der Waals surface area contributed by atoms with Crippen molar-refractivity contribution in [3.63, 3.8) is 0 Å². The third kappa shape index (κ3) is 2.28. The number of nitrogens with zero attached hydrogens (tertiary/aromatic N) is 1. The van der Waals surface area contributed by atoms with Gasteiger partial charge in [0.1, 0.15) is 0 Å². The summed E-state index contributed by atoms with van der Waals surface area (Å²) in [5.41, 5.74) is 4.75. The third-order valence-corrected chi connectivity index (χ3v) is 8.18. The summed E-state index contributed by atoms with van der Waals surface area (Å²) in [5.74, 6) is 0. The van der Waals surface area contributed by atoms with Crippen LogP contribution >= 0.6 is 11.3 Å². The van der Waals surface area contributed by atoms with Crippen molar-refractivity contribution in [1.29, 1.82) is 0 Å². The first-order chi connectivity index (χ1) is 16.4. The van der Waals surface area contributed by atoms with Gasteiger partial charge < -0.3 is 0 Å². The number of para-hydroxylation sites is 1. The molecule has 0 amide bonds. The number of thiophene rings is 1. The second-order valence-electron chi connectivity index (χ2n) is 8.75. The number of aromatic nitrogens is 1. The number of fused-ring (bicyclic) bond motifs is 4. The number of benzene rings is 6. The molecule has 0 atom stereocenters. The highest BCUT2D eigenvalue weighted by molar-refractivity contribution is 7.26. The molecule has 6 aromatic carbocycles. The van der Waals surface area contributed by atoms with Gasteiger partial charge in [-0.2, -0.15) is 0 Å². The Hall–Kier alpha value is -4.01. The molecule has 0 N–H and O–H groups in total. The molecule has 1 nitrogen and oxygen atoms in total. The summed E-state index contributed by atoms with van der Waals surface area (Å²) in [6.07, 6.45) is 0. The zero-order chi connectivity index (χ0) is 21.5. The predicted octanol–water partition coefficient (Wildman–Crippen LogP) is 9.17. The van der Waals surface area contributed by atoms with Crippen molar-refractivity contribution >= 4 is 74.9 Å². The summed E-state index contributed by atoms with van der Waals surface area (Å²) in [6, 6.07) is 37.5. The number of hydrogen-bond acceptors (Lipinski definition) is 2. The van der Waals surface area contributed by atoms with Gasteiger partial charge in [-0.1, -0.05) is 91.0 Å². The van der Waals surface area contributed by atoms with Crippen LogP contribution in [-0.2, 0) is 0 Å². The van der Waals surface area contributed by atoms with Crippen molar-refractivity contribution < 1.29 is 0 Å².